The summed E-state index contributed by atoms with van der Waals surface area (Å²) in [6.07, 6.45) is 4.90. The van der Waals surface area contributed by atoms with Gasteiger partial charge >= 0.3 is 0 Å². The molecule has 0 radical (unpaired) electrons. The maximum Gasteiger partial charge on any atom is 0.241 e. The number of rotatable bonds is 8. The van der Waals surface area contributed by atoms with Crippen molar-refractivity contribution in [2.24, 2.45) is 0 Å². The van der Waals surface area contributed by atoms with Crippen LogP contribution in [0.5, 0.6) is 0 Å². The van der Waals surface area contributed by atoms with Crippen LogP contribution >= 0.6 is 0 Å². The van der Waals surface area contributed by atoms with E-state index < -0.39 is 10.0 Å². The maximum absolute atomic E-state index is 12.7. The Hall–Kier alpha value is -2.38. The molecule has 0 spiro atoms. The van der Waals surface area contributed by atoms with E-state index in [-0.39, 0.29) is 12.5 Å². The number of amides is 1. The zero-order valence-corrected chi connectivity index (χ0v) is 19.5. The molecule has 1 N–H and O–H groups in total. The summed E-state index contributed by atoms with van der Waals surface area (Å²) in [5.41, 5.74) is 4.84. The number of hydrogen-bond donors (Lipinski definition) is 1. The van der Waals surface area contributed by atoms with E-state index in [4.69, 9.17) is 0 Å². The molecule has 0 aliphatic carbocycles. The molecule has 1 aliphatic heterocycles. The highest BCUT2D eigenvalue weighted by Gasteiger charge is 2.21. The molecule has 2 aromatic rings. The summed E-state index contributed by atoms with van der Waals surface area (Å²) in [4.78, 5) is 15.1. The zero-order valence-electron chi connectivity index (χ0n) is 18.7. The predicted molar refractivity (Wildman–Crippen MR) is 126 cm³/mol. The van der Waals surface area contributed by atoms with Crippen LogP contribution < -0.4 is 9.62 Å². The van der Waals surface area contributed by atoms with E-state index >= 15 is 0 Å². The minimum absolute atomic E-state index is 0.240. The van der Waals surface area contributed by atoms with Gasteiger partial charge in [0.15, 0.2) is 0 Å². The smallest absolute Gasteiger partial charge is 0.241 e. The highest BCUT2D eigenvalue weighted by Crippen LogP contribution is 2.21. The molecule has 1 saturated heterocycles. The lowest BCUT2D eigenvalue weighted by atomic mass is 10.0. The van der Waals surface area contributed by atoms with E-state index in [0.717, 1.165) is 46.9 Å². The van der Waals surface area contributed by atoms with Crippen LogP contribution in [0.15, 0.2) is 42.5 Å². The summed E-state index contributed by atoms with van der Waals surface area (Å²) in [6.45, 7) is 7.14. The standard InChI is InChI=1S/C24H33N3O3S/c1-19-11-12-23(15-20(19)2)27(31(3,29)30)18-24(28)25-16-21-9-5-6-10-22(21)17-26-13-7-4-8-14-26/h5-6,9-12,15H,4,7-8,13-14,16-18H2,1-3H3,(H,25,28). The summed E-state index contributed by atoms with van der Waals surface area (Å²) in [5, 5.41) is 2.91. The average Bonchev–Trinajstić information content (AvgIpc) is 2.73. The molecule has 31 heavy (non-hydrogen) atoms. The number of carbonyl (C=O) groups is 1. The summed E-state index contributed by atoms with van der Waals surface area (Å²) in [7, 11) is -3.59. The zero-order chi connectivity index (χ0) is 22.4. The van der Waals surface area contributed by atoms with Gasteiger partial charge in [-0.25, -0.2) is 8.42 Å². The van der Waals surface area contributed by atoms with Crippen LogP contribution in [0.1, 0.15) is 41.5 Å². The van der Waals surface area contributed by atoms with E-state index in [9.17, 15) is 13.2 Å². The highest BCUT2D eigenvalue weighted by atomic mass is 32.2. The SMILES string of the molecule is Cc1ccc(N(CC(=O)NCc2ccccc2CN2CCCCC2)S(C)(=O)=O)cc1C. The molecule has 6 nitrogen and oxygen atoms in total. The van der Waals surface area contributed by atoms with Gasteiger partial charge in [0.2, 0.25) is 15.9 Å². The lowest BCUT2D eigenvalue weighted by Gasteiger charge is -2.27. The van der Waals surface area contributed by atoms with Crippen molar-refractivity contribution in [3.05, 3.63) is 64.7 Å². The van der Waals surface area contributed by atoms with Crippen molar-refractivity contribution in [3.63, 3.8) is 0 Å². The number of likely N-dealkylation sites (tertiary alicyclic amines) is 1. The van der Waals surface area contributed by atoms with Gasteiger partial charge in [0.1, 0.15) is 6.54 Å². The van der Waals surface area contributed by atoms with Crippen LogP contribution in [0.3, 0.4) is 0 Å². The molecule has 3 rings (SSSR count). The predicted octanol–water partition coefficient (Wildman–Crippen LogP) is 3.37. The molecule has 0 bridgehead atoms. The van der Waals surface area contributed by atoms with Crippen LogP contribution in [0.2, 0.25) is 0 Å². The fraction of sp³-hybridized carbons (Fsp3) is 0.458. The van der Waals surface area contributed by atoms with Crippen LogP contribution in [0.4, 0.5) is 5.69 Å². The fourth-order valence-electron chi connectivity index (χ4n) is 3.90. The molecule has 7 heteroatoms. The normalized spacial score (nSPS) is 14.9. The molecule has 1 amide bonds. The van der Waals surface area contributed by atoms with Gasteiger partial charge in [-0.2, -0.15) is 0 Å². The van der Waals surface area contributed by atoms with E-state index in [2.05, 4.69) is 16.3 Å². The van der Waals surface area contributed by atoms with Crippen LogP contribution in [0, 0.1) is 13.8 Å². The first-order chi connectivity index (χ1) is 14.7. The first-order valence-electron chi connectivity index (χ1n) is 10.8. The summed E-state index contributed by atoms with van der Waals surface area (Å²) < 4.78 is 25.9. The fourth-order valence-corrected chi connectivity index (χ4v) is 4.75. The quantitative estimate of drug-likeness (QED) is 0.679. The van der Waals surface area contributed by atoms with Crippen molar-refractivity contribution in [2.75, 3.05) is 30.2 Å². The van der Waals surface area contributed by atoms with E-state index in [1.165, 1.54) is 24.8 Å². The lowest BCUT2D eigenvalue weighted by molar-refractivity contribution is -0.119. The molecular formula is C24H33N3O3S. The Kier molecular flexibility index (Phi) is 7.73. The van der Waals surface area contributed by atoms with Gasteiger partial charge < -0.3 is 5.32 Å². The van der Waals surface area contributed by atoms with Gasteiger partial charge in [0.05, 0.1) is 11.9 Å². The minimum atomic E-state index is -3.59. The van der Waals surface area contributed by atoms with Crippen LogP contribution in [-0.2, 0) is 27.9 Å². The minimum Gasteiger partial charge on any atom is -0.350 e. The number of aryl methyl sites for hydroxylation is 2. The van der Waals surface area contributed by atoms with Crippen molar-refractivity contribution in [2.45, 2.75) is 46.2 Å². The van der Waals surface area contributed by atoms with Crippen molar-refractivity contribution < 1.29 is 13.2 Å². The van der Waals surface area contributed by atoms with Gasteiger partial charge in [0, 0.05) is 13.1 Å². The van der Waals surface area contributed by atoms with E-state index in [0.29, 0.717) is 12.2 Å². The molecule has 2 aromatic carbocycles. The van der Waals surface area contributed by atoms with Gasteiger partial charge in [-0.05, 0) is 74.2 Å². The Labute approximate surface area is 186 Å². The first kappa shape index (κ1) is 23.3. The third-order valence-corrected chi connectivity index (χ3v) is 7.04. The molecule has 1 fully saturated rings. The Bertz CT molecular complexity index is 1010. The largest absolute Gasteiger partial charge is 0.350 e. The van der Waals surface area contributed by atoms with Crippen LogP contribution in [0.25, 0.3) is 0 Å². The molecule has 0 unspecified atom stereocenters. The lowest BCUT2D eigenvalue weighted by Crippen LogP contribution is -2.40. The monoisotopic (exact) mass is 443 g/mol. The van der Waals surface area contributed by atoms with E-state index in [1.54, 1.807) is 12.1 Å². The molecule has 0 saturated carbocycles. The van der Waals surface area contributed by atoms with E-state index in [1.807, 2.05) is 38.1 Å². The second-order valence-electron chi connectivity index (χ2n) is 8.42. The number of nitrogens with zero attached hydrogens (tertiary/aromatic N) is 2. The summed E-state index contributed by atoms with van der Waals surface area (Å²) in [6, 6.07) is 13.5. The Morgan fingerprint density at radius 3 is 2.32 bits per heavy atom. The number of piperidine rings is 1. The third-order valence-electron chi connectivity index (χ3n) is 5.90. The van der Waals surface area contributed by atoms with Gasteiger partial charge in [-0.1, -0.05) is 36.8 Å². The Balaban J connectivity index is 1.66. The highest BCUT2D eigenvalue weighted by molar-refractivity contribution is 7.92. The topological polar surface area (TPSA) is 69.7 Å². The average molecular weight is 444 g/mol. The summed E-state index contributed by atoms with van der Waals surface area (Å²) in [5.74, 6) is -0.323. The molecule has 0 aromatic heterocycles. The number of anilines is 1. The number of carbonyl (C=O) groups excluding carboxylic acids is 1. The first-order valence-corrected chi connectivity index (χ1v) is 12.7. The van der Waals surface area contributed by atoms with Crippen LogP contribution in [-0.4, -0.2) is 45.1 Å². The number of benzene rings is 2. The summed E-state index contributed by atoms with van der Waals surface area (Å²) >= 11 is 0. The molecule has 1 heterocycles. The second-order valence-corrected chi connectivity index (χ2v) is 10.3. The van der Waals surface area contributed by atoms with Gasteiger partial charge in [0.25, 0.3) is 0 Å². The number of hydrogen-bond acceptors (Lipinski definition) is 4. The van der Waals surface area contributed by atoms with Gasteiger partial charge in [-0.3, -0.25) is 14.0 Å². The van der Waals surface area contributed by atoms with Crippen molar-refractivity contribution in [3.8, 4) is 0 Å². The van der Waals surface area contributed by atoms with Gasteiger partial charge in [-0.15, -0.1) is 0 Å². The van der Waals surface area contributed by atoms with Crippen molar-refractivity contribution in [1.29, 1.82) is 0 Å². The molecule has 0 atom stereocenters. The maximum atomic E-state index is 12.7. The molecular weight excluding hydrogens is 410 g/mol. The number of nitrogens with one attached hydrogen (secondary N) is 1. The Morgan fingerprint density at radius 2 is 1.68 bits per heavy atom. The Morgan fingerprint density at radius 1 is 1.00 bits per heavy atom. The molecule has 168 valence electrons. The molecule has 1 aliphatic rings. The second kappa shape index (κ2) is 10.3. The van der Waals surface area contributed by atoms with Crippen molar-refractivity contribution in [1.82, 2.24) is 10.2 Å². The van der Waals surface area contributed by atoms with Crippen molar-refractivity contribution >= 4 is 21.6 Å². The third kappa shape index (κ3) is 6.55. The number of sulfonamides is 1.